The zero-order valence-corrected chi connectivity index (χ0v) is 74.5. The molecule has 16 heteroatoms. The van der Waals surface area contributed by atoms with Gasteiger partial charge in [-0.2, -0.15) is 5.10 Å². The third kappa shape index (κ3) is 43.2. The lowest BCUT2D eigenvalue weighted by Gasteiger charge is -2.42. The summed E-state index contributed by atoms with van der Waals surface area (Å²) < 4.78 is 0. The van der Waals surface area contributed by atoms with Crippen LogP contribution in [0.3, 0.4) is 0 Å². The van der Waals surface area contributed by atoms with Crippen LogP contribution in [0.15, 0.2) is 60.8 Å². The lowest BCUT2D eigenvalue weighted by atomic mass is 9.82. The van der Waals surface area contributed by atoms with E-state index in [-0.39, 0.29) is 27.2 Å². The average molecular weight is 1460 g/mol. The van der Waals surface area contributed by atoms with Gasteiger partial charge in [0.05, 0.1) is 5.01 Å². The summed E-state index contributed by atoms with van der Waals surface area (Å²) in [6, 6.07) is 9.76. The zero-order valence-electron chi connectivity index (χ0n) is 73.7. The number of hydrogen-bond acceptors (Lipinski definition) is 13. The number of H-pyrrole nitrogens is 2. The SMILES string of the molecule is CC(C)(C)C1CCCCN1.CC(C)(C)C1CCCN1.CC(C)(C)N1CCC1.CC(C)(C)N1CCCC1.CC(C)(C)N1CCCC1=O.CC(C)(C)N1CCCCC1.CC(C)(C)N1CCNCC1.CC(C)(C)c1ccc[nH]1.CC(C)(C)c1ccncc1.CC(C)(C)c1nccs1.CC(C)(C)c1ncn[nH]1. The third-order valence-corrected chi connectivity index (χ3v) is 20.9. The van der Waals surface area contributed by atoms with Gasteiger partial charge in [0.25, 0.3) is 0 Å². The Morgan fingerprint density at radius 1 is 0.417 bits per heavy atom. The largest absolute Gasteiger partial charge is 0.365 e. The van der Waals surface area contributed by atoms with Crippen LogP contribution in [0.2, 0.25) is 0 Å². The van der Waals surface area contributed by atoms with Gasteiger partial charge in [0.2, 0.25) is 5.91 Å². The third-order valence-electron chi connectivity index (χ3n) is 19.7. The number of piperidine rings is 2. The molecule has 0 spiro atoms. The molecule has 0 bridgehead atoms. The number of aromatic amines is 2. The summed E-state index contributed by atoms with van der Waals surface area (Å²) in [7, 11) is 0. The van der Waals surface area contributed by atoms with Crippen LogP contribution in [0, 0.1) is 10.8 Å². The molecule has 0 aromatic carbocycles. The number of carbonyl (C=O) groups excluding carboxylic acids is 1. The summed E-state index contributed by atoms with van der Waals surface area (Å²) in [5.74, 6) is 1.25. The fourth-order valence-corrected chi connectivity index (χ4v) is 13.2. The smallest absolute Gasteiger partial charge is 0.223 e. The Kier molecular flexibility index (Phi) is 42.3. The first-order chi connectivity index (χ1) is 47.1. The van der Waals surface area contributed by atoms with Gasteiger partial charge in [-0.3, -0.25) is 34.5 Å². The van der Waals surface area contributed by atoms with Gasteiger partial charge in [-0.15, -0.1) is 11.3 Å². The molecule has 0 saturated carbocycles. The summed E-state index contributed by atoms with van der Waals surface area (Å²) in [5, 5.41) is 20.2. The number of amides is 1. The van der Waals surface area contributed by atoms with Crippen molar-refractivity contribution in [3.8, 4) is 0 Å². The highest BCUT2D eigenvalue weighted by Gasteiger charge is 2.32. The number of piperazine rings is 1. The van der Waals surface area contributed by atoms with E-state index in [0.717, 1.165) is 50.4 Å². The Hall–Kier alpha value is -3.61. The van der Waals surface area contributed by atoms with Crippen molar-refractivity contribution in [2.24, 2.45) is 10.8 Å². The second-order valence-electron chi connectivity index (χ2n) is 40.7. The summed E-state index contributed by atoms with van der Waals surface area (Å²) >= 11 is 1.72. The lowest BCUT2D eigenvalue weighted by molar-refractivity contribution is -0.131. The molecule has 2 unspecified atom stereocenters. The minimum atomic E-state index is 0.0353. The maximum absolute atomic E-state index is 11.1. The standard InChI is InChI=1S/C9H13N.2C9H19N.C8H18N2.C8H15NO.2C8H17N.C8H13N.C7H11NS.C7H15N.C6H11N3/c1-9(2,3)8-4-6-10-7-5-8;1-9(2,3)10-7-5-4-6-8-10;1-9(2,3)8-6-4-5-7-10-8;1-8(2,3)10-6-4-9-5-7-10;1-8(2,3)9-6-4-5-7(9)10;1-8(2,3)9-6-4-5-7-9;2*1-8(2,3)7-5-4-6-9-7;1-7(2,3)6-8-4-5-9-6;1-7(2,3)8-5-4-6-8;1-6(2,3)5-7-4-8-9-5/h4-7H,1-3H3;4-8H2,1-3H3;8,10H,4-7H2,1-3H3;9H,4-7H2,1-3H3;4-6H2,1-3H3;4-7H2,1-3H3;7,9H,4-6H2,1-3H3;4-6,9H,1-3H3;4-5H,1-3H3;4-6H2,1-3H3;4H,1-3H3,(H,7,8,9). The Morgan fingerprint density at radius 2 is 0.864 bits per heavy atom. The summed E-state index contributed by atoms with van der Waals surface area (Å²) in [4.78, 5) is 38.6. The highest BCUT2D eigenvalue weighted by molar-refractivity contribution is 7.09. The minimum Gasteiger partial charge on any atom is -0.365 e. The van der Waals surface area contributed by atoms with Gasteiger partial charge < -0.3 is 25.8 Å². The Morgan fingerprint density at radius 3 is 1.09 bits per heavy atom. The molecule has 7 saturated heterocycles. The zero-order chi connectivity index (χ0) is 79.0. The number of rotatable bonds is 0. The maximum Gasteiger partial charge on any atom is 0.223 e. The molecule has 0 radical (unpaired) electrons. The van der Waals surface area contributed by atoms with Crippen molar-refractivity contribution in [3.05, 3.63) is 82.8 Å². The van der Waals surface area contributed by atoms with Crippen LogP contribution in [0.5, 0.6) is 0 Å². The van der Waals surface area contributed by atoms with Crippen LogP contribution in [-0.4, -0.2) is 185 Å². The quantitative estimate of drug-likeness (QED) is 0.114. The molecule has 2 atom stereocenters. The minimum absolute atomic E-state index is 0.0353. The van der Waals surface area contributed by atoms with E-state index in [1.54, 1.807) is 11.3 Å². The molecule has 4 aromatic rings. The molecular formula is C87H168N14OS. The average Bonchev–Trinajstić information content (AvgIpc) is 1.81. The maximum atomic E-state index is 11.1. The van der Waals surface area contributed by atoms with E-state index in [1.165, 1.54) is 159 Å². The molecule has 103 heavy (non-hydrogen) atoms. The van der Waals surface area contributed by atoms with Crippen molar-refractivity contribution in [3.63, 3.8) is 0 Å². The molecule has 15 nitrogen and oxygen atoms in total. The van der Waals surface area contributed by atoms with Gasteiger partial charge in [-0.25, -0.2) is 9.97 Å². The van der Waals surface area contributed by atoms with Crippen molar-refractivity contribution in [1.82, 2.24) is 70.6 Å². The predicted molar refractivity (Wildman–Crippen MR) is 450 cm³/mol. The lowest BCUT2D eigenvalue weighted by Crippen LogP contribution is -2.51. The van der Waals surface area contributed by atoms with E-state index in [2.05, 4.69) is 312 Å². The van der Waals surface area contributed by atoms with E-state index in [9.17, 15) is 4.79 Å². The van der Waals surface area contributed by atoms with Crippen LogP contribution in [-0.2, 0) is 26.5 Å². The summed E-state index contributed by atoms with van der Waals surface area (Å²) in [6.07, 6.45) is 26.1. The molecule has 0 aliphatic carbocycles. The summed E-state index contributed by atoms with van der Waals surface area (Å²) in [6.45, 7) is 89.4. The first-order valence-corrected chi connectivity index (χ1v) is 41.2. The Balaban J connectivity index is 0.000000567. The number of carbonyl (C=O) groups is 1. The van der Waals surface area contributed by atoms with Gasteiger partial charge in [-0.05, 0) is 266 Å². The number of likely N-dealkylation sites (tertiary alicyclic amines) is 4. The van der Waals surface area contributed by atoms with Crippen LogP contribution >= 0.6 is 11.3 Å². The number of aromatic nitrogens is 6. The highest BCUT2D eigenvalue weighted by atomic mass is 32.1. The molecule has 5 N–H and O–H groups in total. The second kappa shape index (κ2) is 44.8. The molecule has 7 aliphatic heterocycles. The van der Waals surface area contributed by atoms with Gasteiger partial charge in [0, 0.05) is 131 Å². The molecule has 598 valence electrons. The fraction of sp³-hybridized carbons (Fsp3) is 0.828. The first-order valence-electron chi connectivity index (χ1n) is 40.4. The van der Waals surface area contributed by atoms with Crippen molar-refractivity contribution in [2.75, 3.05) is 85.1 Å². The monoisotopic (exact) mass is 1460 g/mol. The number of thiazole rings is 1. The van der Waals surface area contributed by atoms with E-state index >= 15 is 0 Å². The van der Waals surface area contributed by atoms with Gasteiger partial charge in [0.1, 0.15) is 12.2 Å². The van der Waals surface area contributed by atoms with Crippen molar-refractivity contribution in [1.29, 1.82) is 0 Å². The predicted octanol–water partition coefficient (Wildman–Crippen LogP) is 19.9. The van der Waals surface area contributed by atoms with E-state index in [0.29, 0.717) is 38.9 Å². The molecular weight excluding hydrogens is 1290 g/mol. The number of pyridine rings is 1. The Bertz CT molecular complexity index is 2490. The number of hydrogen-bond donors (Lipinski definition) is 5. The number of nitrogens with one attached hydrogen (secondary N) is 5. The van der Waals surface area contributed by atoms with Crippen LogP contribution in [0.4, 0.5) is 0 Å². The molecule has 4 aromatic heterocycles. The van der Waals surface area contributed by atoms with Crippen LogP contribution in [0.1, 0.15) is 334 Å². The molecule has 1 amide bonds. The summed E-state index contributed by atoms with van der Waals surface area (Å²) in [5.41, 5.74) is 6.05. The normalized spacial score (nSPS) is 19.8. The van der Waals surface area contributed by atoms with E-state index in [4.69, 9.17) is 0 Å². The number of nitrogens with zero attached hydrogens (tertiary/aromatic N) is 9. The molecule has 11 rings (SSSR count). The van der Waals surface area contributed by atoms with Gasteiger partial charge >= 0.3 is 0 Å². The Labute approximate surface area is 641 Å². The van der Waals surface area contributed by atoms with E-state index in [1.807, 2.05) is 41.1 Å². The van der Waals surface area contributed by atoms with Crippen molar-refractivity contribution >= 4 is 17.2 Å². The van der Waals surface area contributed by atoms with Gasteiger partial charge in [-0.1, -0.05) is 137 Å². The molecule has 7 aliphatic rings. The molecule has 7 fully saturated rings. The first kappa shape index (κ1) is 97.4. The van der Waals surface area contributed by atoms with Gasteiger partial charge in [0.15, 0.2) is 0 Å². The van der Waals surface area contributed by atoms with Crippen molar-refractivity contribution in [2.45, 2.75) is 373 Å². The van der Waals surface area contributed by atoms with Crippen molar-refractivity contribution < 1.29 is 4.79 Å². The van der Waals surface area contributed by atoms with E-state index < -0.39 is 0 Å². The fourth-order valence-electron chi connectivity index (χ4n) is 12.5. The van der Waals surface area contributed by atoms with Crippen LogP contribution < -0.4 is 16.0 Å². The highest BCUT2D eigenvalue weighted by Crippen LogP contribution is 2.29. The van der Waals surface area contributed by atoms with Crippen LogP contribution in [0.25, 0.3) is 0 Å². The second-order valence-corrected chi connectivity index (χ2v) is 41.6. The molecule has 11 heterocycles. The topological polar surface area (TPSA) is 152 Å².